The lowest BCUT2D eigenvalue weighted by Gasteiger charge is -2.24. The van der Waals surface area contributed by atoms with Crippen molar-refractivity contribution in [2.45, 2.75) is 39.0 Å². The number of aryl methyl sites for hydroxylation is 1. The second-order valence-electron chi connectivity index (χ2n) is 12.3. The number of amides is 2. The van der Waals surface area contributed by atoms with Gasteiger partial charge in [-0.25, -0.2) is 23.3 Å². The fourth-order valence-corrected chi connectivity index (χ4v) is 7.16. The molecule has 0 bridgehead atoms. The number of likely N-dealkylation sites (tertiary alicyclic amines) is 1. The molecular formula is C36H28F2N8O3S. The molecule has 0 spiro atoms. The van der Waals surface area contributed by atoms with E-state index in [4.69, 9.17) is 0 Å². The Balaban J connectivity index is 1.04. The molecule has 11 nitrogen and oxygen atoms in total. The maximum absolute atomic E-state index is 15.7. The zero-order chi connectivity index (χ0) is 34.7. The summed E-state index contributed by atoms with van der Waals surface area (Å²) >= 11 is 1.48. The lowest BCUT2D eigenvalue weighted by molar-refractivity contribution is -0.137. The summed E-state index contributed by atoms with van der Waals surface area (Å²) in [6, 6.07) is 16.1. The first-order valence-electron chi connectivity index (χ1n) is 15.8. The van der Waals surface area contributed by atoms with Crippen LogP contribution in [0.5, 0.6) is 0 Å². The van der Waals surface area contributed by atoms with Gasteiger partial charge in [0.2, 0.25) is 11.8 Å². The van der Waals surface area contributed by atoms with Crippen molar-refractivity contribution in [1.29, 1.82) is 0 Å². The average Bonchev–Trinajstić information content (AvgIpc) is 3.89. The van der Waals surface area contributed by atoms with Gasteiger partial charge in [0.15, 0.2) is 17.2 Å². The zero-order valence-electron chi connectivity index (χ0n) is 26.8. The molecule has 7 aromatic rings. The summed E-state index contributed by atoms with van der Waals surface area (Å²) < 4.78 is 34.6. The van der Waals surface area contributed by atoms with Gasteiger partial charge in [-0.2, -0.15) is 10.2 Å². The third-order valence-electron chi connectivity index (χ3n) is 8.91. The Morgan fingerprint density at radius 2 is 1.84 bits per heavy atom. The topological polar surface area (TPSA) is 127 Å². The number of rotatable bonds is 7. The molecule has 14 heteroatoms. The van der Waals surface area contributed by atoms with Crippen molar-refractivity contribution in [3.8, 4) is 22.3 Å². The minimum atomic E-state index is -1.45. The third-order valence-corrected chi connectivity index (χ3v) is 9.72. The number of benzene rings is 3. The lowest BCUT2D eigenvalue weighted by Crippen LogP contribution is -2.44. The van der Waals surface area contributed by atoms with Crippen LogP contribution in [0.2, 0.25) is 0 Å². The molecular weight excluding hydrogens is 663 g/mol. The van der Waals surface area contributed by atoms with Crippen LogP contribution in [0.25, 0.3) is 49.0 Å². The fraction of sp³-hybridized carbons (Fsp3) is 0.194. The molecule has 0 aliphatic carbocycles. The number of nitrogens with one attached hydrogen (secondary N) is 1. The van der Waals surface area contributed by atoms with Crippen LogP contribution in [0.3, 0.4) is 0 Å². The van der Waals surface area contributed by atoms with Gasteiger partial charge in [-0.05, 0) is 48.4 Å². The minimum absolute atomic E-state index is 0.0856. The number of hydrogen-bond acceptors (Lipinski definition) is 8. The molecule has 0 unspecified atom stereocenters. The number of aromatic nitrogens is 6. The summed E-state index contributed by atoms with van der Waals surface area (Å²) in [5.74, 6) is -2.23. The van der Waals surface area contributed by atoms with Gasteiger partial charge < -0.3 is 10.2 Å². The number of thiazole rings is 1. The zero-order valence-corrected chi connectivity index (χ0v) is 27.6. The predicted octanol–water partition coefficient (Wildman–Crippen LogP) is 6.25. The Bertz CT molecular complexity index is 2510. The average molecular weight is 691 g/mol. The highest BCUT2D eigenvalue weighted by molar-refractivity contribution is 7.16. The summed E-state index contributed by atoms with van der Waals surface area (Å²) in [5.41, 5.74) is 6.97. The van der Waals surface area contributed by atoms with Crippen molar-refractivity contribution in [3.63, 3.8) is 0 Å². The van der Waals surface area contributed by atoms with Crippen molar-refractivity contribution < 1.29 is 23.2 Å². The fourth-order valence-electron chi connectivity index (χ4n) is 6.50. The van der Waals surface area contributed by atoms with Gasteiger partial charge in [0.25, 0.3) is 0 Å². The molecule has 1 saturated heterocycles. The molecule has 1 fully saturated rings. The summed E-state index contributed by atoms with van der Waals surface area (Å²) in [7, 11) is 0. The van der Waals surface area contributed by atoms with Crippen LogP contribution in [0.15, 0.2) is 78.6 Å². The first-order valence-corrected chi connectivity index (χ1v) is 16.7. The number of fused-ring (bicyclic) bond motifs is 3. The molecule has 8 rings (SSSR count). The number of hydrogen-bond donors (Lipinski definition) is 1. The molecule has 0 saturated carbocycles. The first kappa shape index (κ1) is 31.4. The third kappa shape index (κ3) is 5.56. The SMILES string of the molecule is CC(=O)c1nn(CC(=O)N2C[C@H](F)C[C@H]2C(=O)Nc2cccc(-c3ccc4scnc4c3)c2F)c2ccc(-c3cnc4cc(C)nn4c3)cc12. The second-order valence-corrected chi connectivity index (χ2v) is 13.2. The maximum Gasteiger partial charge on any atom is 0.247 e. The molecule has 0 radical (unpaired) electrons. The number of halogens is 2. The normalized spacial score (nSPS) is 16.1. The highest BCUT2D eigenvalue weighted by Crippen LogP contribution is 2.32. The minimum Gasteiger partial charge on any atom is -0.326 e. The smallest absolute Gasteiger partial charge is 0.247 e. The van der Waals surface area contributed by atoms with Crippen LogP contribution in [0, 0.1) is 12.7 Å². The quantitative estimate of drug-likeness (QED) is 0.196. The molecule has 2 atom stereocenters. The summed E-state index contributed by atoms with van der Waals surface area (Å²) in [6.07, 6.45) is 1.86. The highest BCUT2D eigenvalue weighted by Gasteiger charge is 2.40. The standard InChI is InChI=1S/C36H28F2N8O3S/c1-19-10-32-39-14-23(15-46(32)42-19)21-6-8-29-26(11-21)35(20(2)47)43-45(29)17-33(48)44-16-24(37)13-30(44)36(49)41-27-5-3-4-25(34(27)38)22-7-9-31-28(12-22)40-18-50-31/h3-12,14-15,18,24,30H,13,16-17H2,1-2H3,(H,41,49)/t24-,30+/m1/s1. The predicted molar refractivity (Wildman–Crippen MR) is 185 cm³/mol. The Labute approximate surface area is 287 Å². The van der Waals surface area contributed by atoms with Crippen molar-refractivity contribution in [2.75, 3.05) is 11.9 Å². The summed E-state index contributed by atoms with van der Waals surface area (Å²) in [5, 5.41) is 12.0. The van der Waals surface area contributed by atoms with E-state index in [-0.39, 0.29) is 42.2 Å². The monoisotopic (exact) mass is 690 g/mol. The van der Waals surface area contributed by atoms with Crippen molar-refractivity contribution in [1.82, 2.24) is 34.3 Å². The number of Topliss-reactive ketones (excluding diaryl/α,β-unsaturated/α-hetero) is 1. The number of anilines is 1. The van der Waals surface area contributed by atoms with Crippen LogP contribution < -0.4 is 5.32 Å². The number of carbonyl (C=O) groups excluding carboxylic acids is 3. The van der Waals surface area contributed by atoms with Gasteiger partial charge in [-0.1, -0.05) is 24.3 Å². The van der Waals surface area contributed by atoms with Crippen molar-refractivity contribution in [2.24, 2.45) is 0 Å². The van der Waals surface area contributed by atoms with Crippen LogP contribution in [-0.4, -0.2) is 70.6 Å². The van der Waals surface area contributed by atoms with E-state index in [1.165, 1.54) is 29.0 Å². The molecule has 2 amide bonds. The first-order chi connectivity index (χ1) is 24.1. The van der Waals surface area contributed by atoms with Gasteiger partial charge in [0, 0.05) is 48.3 Å². The number of ketones is 1. The van der Waals surface area contributed by atoms with Gasteiger partial charge >= 0.3 is 0 Å². The number of nitrogens with zero attached hydrogens (tertiary/aromatic N) is 7. The van der Waals surface area contributed by atoms with Gasteiger partial charge in [-0.15, -0.1) is 11.3 Å². The molecule has 1 aliphatic heterocycles. The molecule has 4 aromatic heterocycles. The van der Waals surface area contributed by atoms with E-state index in [0.29, 0.717) is 22.1 Å². The van der Waals surface area contributed by atoms with E-state index >= 15 is 4.39 Å². The molecule has 250 valence electrons. The van der Waals surface area contributed by atoms with Gasteiger partial charge in [0.05, 0.1) is 39.2 Å². The van der Waals surface area contributed by atoms with E-state index in [9.17, 15) is 18.8 Å². The van der Waals surface area contributed by atoms with E-state index in [1.54, 1.807) is 52.6 Å². The number of alkyl halides is 1. The summed E-state index contributed by atoms with van der Waals surface area (Å²) in [6.45, 7) is 2.62. The van der Waals surface area contributed by atoms with Gasteiger partial charge in [-0.3, -0.25) is 19.1 Å². The highest BCUT2D eigenvalue weighted by atomic mass is 32.1. The Hall–Kier alpha value is -5.89. The van der Waals surface area contributed by atoms with E-state index in [2.05, 4.69) is 25.5 Å². The van der Waals surface area contributed by atoms with Gasteiger partial charge in [0.1, 0.15) is 24.5 Å². The van der Waals surface area contributed by atoms with E-state index in [0.717, 1.165) is 31.9 Å². The van der Waals surface area contributed by atoms with Crippen LogP contribution >= 0.6 is 11.3 Å². The van der Waals surface area contributed by atoms with E-state index in [1.807, 2.05) is 31.3 Å². The lowest BCUT2D eigenvalue weighted by atomic mass is 10.0. The Kier molecular flexibility index (Phi) is 7.67. The van der Waals surface area contributed by atoms with Crippen LogP contribution in [0.4, 0.5) is 14.5 Å². The Morgan fingerprint density at radius 3 is 2.68 bits per heavy atom. The number of carbonyl (C=O) groups is 3. The molecule has 1 aliphatic rings. The largest absolute Gasteiger partial charge is 0.326 e. The van der Waals surface area contributed by atoms with Crippen LogP contribution in [0.1, 0.15) is 29.5 Å². The van der Waals surface area contributed by atoms with Crippen molar-refractivity contribution in [3.05, 3.63) is 95.8 Å². The Morgan fingerprint density at radius 1 is 1.00 bits per heavy atom. The van der Waals surface area contributed by atoms with E-state index < -0.39 is 29.8 Å². The second kappa shape index (κ2) is 12.2. The molecule has 3 aromatic carbocycles. The molecule has 50 heavy (non-hydrogen) atoms. The molecule has 5 heterocycles. The maximum atomic E-state index is 15.7. The molecule has 1 N–H and O–H groups in total. The summed E-state index contributed by atoms with van der Waals surface area (Å²) in [4.78, 5) is 49.8. The van der Waals surface area contributed by atoms with Crippen LogP contribution in [-0.2, 0) is 16.1 Å². The van der Waals surface area contributed by atoms with Crippen molar-refractivity contribution >= 4 is 61.4 Å².